The molecule has 6 heteroatoms. The number of likely N-dealkylation sites (tertiary alicyclic amines) is 1. The van der Waals surface area contributed by atoms with Crippen LogP contribution in [-0.4, -0.2) is 54.4 Å². The normalized spacial score (nSPS) is 18.4. The molecule has 4 N–H and O–H groups in total. The molecule has 0 atom stereocenters. The van der Waals surface area contributed by atoms with Crippen molar-refractivity contribution in [3.8, 4) is 28.4 Å². The van der Waals surface area contributed by atoms with E-state index in [0.717, 1.165) is 72.4 Å². The monoisotopic (exact) mass is 571 g/mol. The highest BCUT2D eigenvalue weighted by atomic mass is 16.5. The first-order chi connectivity index (χ1) is 20.0. The molecule has 3 aromatic carbocycles. The number of hydrogen-bond acceptors (Lipinski definition) is 6. The number of phenolic OH excluding ortho intramolecular Hbond substituents is 1. The highest BCUT2D eigenvalue weighted by molar-refractivity contribution is 5.86. The topological polar surface area (TPSA) is 80.0 Å². The van der Waals surface area contributed by atoms with Crippen molar-refractivity contribution in [2.75, 3.05) is 33.0 Å². The van der Waals surface area contributed by atoms with Gasteiger partial charge in [0.05, 0.1) is 7.11 Å². The number of rotatable bonds is 9. The van der Waals surface area contributed by atoms with E-state index in [-0.39, 0.29) is 16.8 Å². The summed E-state index contributed by atoms with van der Waals surface area (Å²) in [7, 11) is 3.92. The number of fused-ring (bicyclic) bond motifs is 1. The molecule has 0 bridgehead atoms. The zero-order chi connectivity index (χ0) is 30.1. The lowest BCUT2D eigenvalue weighted by Crippen LogP contribution is -2.62. The van der Waals surface area contributed by atoms with E-state index >= 15 is 0 Å². The summed E-state index contributed by atoms with van der Waals surface area (Å²) in [6.07, 6.45) is 7.21. The van der Waals surface area contributed by atoms with Crippen LogP contribution < -0.4 is 20.5 Å². The standard InChI is InChI=1S/C36H49N3O3/c1-35(2)22-26(23-36(3,4)39(35)5)38-19-20-42-27-14-11-24(12-15-27)21-30-32(41-6)18-16-29(34(30)37)33-28-10-8-7-9-25(28)13-17-31(33)40/h11-18,26,38,40H,7-10,19-23,37H2,1-6H3. The van der Waals surface area contributed by atoms with Gasteiger partial charge in [0.2, 0.25) is 0 Å². The van der Waals surface area contributed by atoms with Crippen LogP contribution in [0.5, 0.6) is 17.2 Å². The number of ether oxygens (including phenoxy) is 2. The Labute approximate surface area is 252 Å². The minimum atomic E-state index is 0.169. The van der Waals surface area contributed by atoms with Gasteiger partial charge in [0.15, 0.2) is 0 Å². The van der Waals surface area contributed by atoms with Gasteiger partial charge in [0.1, 0.15) is 23.9 Å². The fourth-order valence-corrected chi connectivity index (χ4v) is 7.21. The number of nitrogens with two attached hydrogens (primary N) is 1. The first-order valence-corrected chi connectivity index (χ1v) is 15.5. The maximum Gasteiger partial charge on any atom is 0.124 e. The molecule has 0 radical (unpaired) electrons. The number of anilines is 1. The van der Waals surface area contributed by atoms with Gasteiger partial charge in [-0.1, -0.05) is 18.2 Å². The first kappa shape index (κ1) is 30.2. The van der Waals surface area contributed by atoms with Crippen molar-refractivity contribution in [3.63, 3.8) is 0 Å². The zero-order valence-electron chi connectivity index (χ0n) is 26.3. The Balaban J connectivity index is 1.24. The number of phenols is 1. The molecule has 1 saturated heterocycles. The number of aryl methyl sites for hydroxylation is 1. The van der Waals surface area contributed by atoms with E-state index in [4.69, 9.17) is 15.2 Å². The number of aromatic hydroxyl groups is 1. The van der Waals surface area contributed by atoms with Gasteiger partial charge < -0.3 is 25.6 Å². The number of hydrogen-bond donors (Lipinski definition) is 3. The molecular weight excluding hydrogens is 522 g/mol. The second-order valence-corrected chi connectivity index (χ2v) is 13.4. The molecule has 0 spiro atoms. The molecule has 42 heavy (non-hydrogen) atoms. The lowest BCUT2D eigenvalue weighted by Gasteiger charge is -2.53. The SMILES string of the molecule is COc1ccc(-c2c(O)ccc3c2CCCC3)c(N)c1Cc1ccc(OCCNC2CC(C)(C)N(C)C(C)(C)C2)cc1. The molecule has 2 aliphatic rings. The molecule has 5 rings (SSSR count). The van der Waals surface area contributed by atoms with E-state index in [9.17, 15) is 5.11 Å². The Hall–Kier alpha value is -3.22. The number of nitrogens with zero attached hydrogens (tertiary/aromatic N) is 1. The van der Waals surface area contributed by atoms with E-state index < -0.39 is 0 Å². The quantitative estimate of drug-likeness (QED) is 0.195. The summed E-state index contributed by atoms with van der Waals surface area (Å²) in [5.74, 6) is 1.91. The minimum Gasteiger partial charge on any atom is -0.507 e. The van der Waals surface area contributed by atoms with E-state index in [1.165, 1.54) is 17.5 Å². The molecule has 1 aliphatic heterocycles. The number of piperidine rings is 1. The molecule has 3 aromatic rings. The maximum atomic E-state index is 10.9. The third-order valence-electron chi connectivity index (χ3n) is 9.73. The molecule has 6 nitrogen and oxygen atoms in total. The minimum absolute atomic E-state index is 0.169. The number of benzene rings is 3. The summed E-state index contributed by atoms with van der Waals surface area (Å²) in [4.78, 5) is 2.51. The third-order valence-corrected chi connectivity index (χ3v) is 9.73. The average Bonchev–Trinajstić information content (AvgIpc) is 2.96. The second-order valence-electron chi connectivity index (χ2n) is 13.4. The van der Waals surface area contributed by atoms with Gasteiger partial charge in [0, 0.05) is 52.5 Å². The number of nitrogens with one attached hydrogen (secondary N) is 1. The number of methoxy groups -OCH3 is 1. The number of nitrogen functional groups attached to an aromatic ring is 1. The van der Waals surface area contributed by atoms with E-state index in [2.05, 4.69) is 63.2 Å². The van der Waals surface area contributed by atoms with E-state index in [0.29, 0.717) is 24.8 Å². The fourth-order valence-electron chi connectivity index (χ4n) is 7.21. The molecule has 0 amide bonds. The summed E-state index contributed by atoms with van der Waals surface area (Å²) in [5, 5.41) is 14.6. The van der Waals surface area contributed by atoms with Crippen LogP contribution in [0.1, 0.15) is 75.6 Å². The van der Waals surface area contributed by atoms with Crippen LogP contribution in [0.3, 0.4) is 0 Å². The molecule has 226 valence electrons. The zero-order valence-corrected chi connectivity index (χ0v) is 26.3. The molecule has 0 saturated carbocycles. The summed E-state index contributed by atoms with van der Waals surface area (Å²) in [6.45, 7) is 10.8. The van der Waals surface area contributed by atoms with Crippen molar-refractivity contribution in [3.05, 3.63) is 70.8 Å². The van der Waals surface area contributed by atoms with E-state index in [1.54, 1.807) is 7.11 Å². The Morgan fingerprint density at radius 1 is 0.952 bits per heavy atom. The van der Waals surface area contributed by atoms with Crippen LogP contribution in [0.4, 0.5) is 5.69 Å². The van der Waals surface area contributed by atoms with Crippen LogP contribution in [-0.2, 0) is 19.3 Å². The molecule has 0 aromatic heterocycles. The molecule has 0 unspecified atom stereocenters. The summed E-state index contributed by atoms with van der Waals surface area (Å²) < 4.78 is 11.8. The largest absolute Gasteiger partial charge is 0.507 e. The lowest BCUT2D eigenvalue weighted by molar-refractivity contribution is -0.0184. The van der Waals surface area contributed by atoms with Crippen LogP contribution in [0, 0.1) is 0 Å². The predicted molar refractivity (Wildman–Crippen MR) is 173 cm³/mol. The Morgan fingerprint density at radius 3 is 2.33 bits per heavy atom. The van der Waals surface area contributed by atoms with E-state index in [1.807, 2.05) is 30.3 Å². The van der Waals surface area contributed by atoms with Gasteiger partial charge in [-0.05, 0) is 120 Å². The first-order valence-electron chi connectivity index (χ1n) is 15.5. The van der Waals surface area contributed by atoms with Crippen LogP contribution in [0.25, 0.3) is 11.1 Å². The van der Waals surface area contributed by atoms with Gasteiger partial charge in [-0.25, -0.2) is 0 Å². The Kier molecular flexibility index (Phi) is 8.77. The fraction of sp³-hybridized carbons (Fsp3) is 0.500. The predicted octanol–water partition coefficient (Wildman–Crippen LogP) is 6.74. The van der Waals surface area contributed by atoms with Crippen molar-refractivity contribution in [2.45, 2.75) is 89.8 Å². The molecule has 1 aliphatic carbocycles. The smallest absolute Gasteiger partial charge is 0.124 e. The summed E-state index contributed by atoms with van der Waals surface area (Å²) in [5.41, 5.74) is 14.2. The Morgan fingerprint density at radius 2 is 1.64 bits per heavy atom. The average molecular weight is 572 g/mol. The van der Waals surface area contributed by atoms with Crippen molar-refractivity contribution < 1.29 is 14.6 Å². The van der Waals surface area contributed by atoms with Crippen LogP contribution >= 0.6 is 0 Å². The second kappa shape index (κ2) is 12.2. The maximum absolute atomic E-state index is 10.9. The molecule has 1 fully saturated rings. The highest BCUT2D eigenvalue weighted by Crippen LogP contribution is 2.44. The van der Waals surface area contributed by atoms with Crippen molar-refractivity contribution in [1.29, 1.82) is 0 Å². The van der Waals surface area contributed by atoms with Gasteiger partial charge in [-0.15, -0.1) is 0 Å². The van der Waals surface area contributed by atoms with Gasteiger partial charge in [-0.2, -0.15) is 0 Å². The van der Waals surface area contributed by atoms with Crippen molar-refractivity contribution in [2.24, 2.45) is 0 Å². The van der Waals surface area contributed by atoms with Gasteiger partial charge in [0.25, 0.3) is 0 Å². The molecular formula is C36H49N3O3. The Bertz CT molecular complexity index is 1380. The third kappa shape index (κ3) is 6.25. The van der Waals surface area contributed by atoms with Gasteiger partial charge in [-0.3, -0.25) is 4.90 Å². The summed E-state index contributed by atoms with van der Waals surface area (Å²) in [6, 6.07) is 16.6. The molecule has 1 heterocycles. The highest BCUT2D eigenvalue weighted by Gasteiger charge is 2.42. The van der Waals surface area contributed by atoms with Gasteiger partial charge >= 0.3 is 0 Å². The van der Waals surface area contributed by atoms with Crippen LogP contribution in [0.2, 0.25) is 0 Å². The lowest BCUT2D eigenvalue weighted by atomic mass is 9.77. The summed E-state index contributed by atoms with van der Waals surface area (Å²) >= 11 is 0. The van der Waals surface area contributed by atoms with Crippen LogP contribution in [0.15, 0.2) is 48.5 Å². The van der Waals surface area contributed by atoms with Crippen molar-refractivity contribution >= 4 is 5.69 Å². The van der Waals surface area contributed by atoms with Crippen molar-refractivity contribution in [1.82, 2.24) is 10.2 Å².